The molecule has 0 spiro atoms. The molecule has 0 unspecified atom stereocenters. The van der Waals surface area contributed by atoms with E-state index in [2.05, 4.69) is 20.5 Å². The lowest BCUT2D eigenvalue weighted by atomic mass is 10.0. The number of benzene rings is 1. The fourth-order valence-electron chi connectivity index (χ4n) is 4.70. The lowest BCUT2D eigenvalue weighted by molar-refractivity contribution is -0.137. The van der Waals surface area contributed by atoms with Crippen molar-refractivity contribution < 1.29 is 18.8 Å². The molecule has 4 heterocycles. The number of anilines is 1. The highest BCUT2D eigenvalue weighted by Gasteiger charge is 2.40. The molecule has 11 nitrogen and oxygen atoms in total. The Labute approximate surface area is 215 Å². The molecule has 0 radical (unpaired) electrons. The van der Waals surface area contributed by atoms with Gasteiger partial charge in [-0.2, -0.15) is 10.2 Å². The minimum absolute atomic E-state index is 0.162. The van der Waals surface area contributed by atoms with Crippen molar-refractivity contribution in [1.82, 2.24) is 29.2 Å². The maximum absolute atomic E-state index is 14.4. The Kier molecular flexibility index (Phi) is 6.53. The number of rotatable bonds is 6. The number of aromatic nitrogens is 5. The van der Waals surface area contributed by atoms with E-state index in [-0.39, 0.29) is 31.1 Å². The van der Waals surface area contributed by atoms with E-state index in [0.29, 0.717) is 16.5 Å². The van der Waals surface area contributed by atoms with E-state index in [9.17, 15) is 23.6 Å². The number of alkyl halides is 1. The topological polar surface area (TPSA) is 132 Å². The van der Waals surface area contributed by atoms with Crippen LogP contribution in [0.25, 0.3) is 22.0 Å². The van der Waals surface area contributed by atoms with Gasteiger partial charge in [0.05, 0.1) is 18.9 Å². The molecule has 0 bridgehead atoms. The molecule has 1 aromatic carbocycles. The number of likely N-dealkylation sites (tertiary alicyclic amines) is 1. The minimum Gasteiger partial charge on any atom is -0.337 e. The van der Waals surface area contributed by atoms with Crippen LogP contribution in [-0.2, 0) is 23.2 Å². The summed E-state index contributed by atoms with van der Waals surface area (Å²) in [6, 6.07) is 7.71. The molecular weight excluding hydrogens is 493 g/mol. The van der Waals surface area contributed by atoms with Crippen LogP contribution in [-0.4, -0.2) is 65.6 Å². The molecule has 1 fully saturated rings. The van der Waals surface area contributed by atoms with Gasteiger partial charge in [0.15, 0.2) is 5.78 Å². The molecule has 0 aliphatic carbocycles. The fourth-order valence-corrected chi connectivity index (χ4v) is 4.70. The lowest BCUT2D eigenvalue weighted by Gasteiger charge is -2.24. The van der Waals surface area contributed by atoms with Gasteiger partial charge in [0, 0.05) is 47.9 Å². The number of carbonyl (C=O) groups excluding carboxylic acids is 3. The summed E-state index contributed by atoms with van der Waals surface area (Å²) in [6.45, 7) is 1.02. The van der Waals surface area contributed by atoms with Gasteiger partial charge in [0.1, 0.15) is 24.6 Å². The third-order valence-electron chi connectivity index (χ3n) is 6.67. The SMILES string of the molecule is CC(=O)c1cn(CC(=O)N2C[C@H](F)C[C@H]2C(=O)Nc2ccnc(=O)n2C)c2ccc(-c3ccnnc3)cc12. The molecule has 194 valence electrons. The first kappa shape index (κ1) is 24.9. The maximum Gasteiger partial charge on any atom is 0.348 e. The maximum atomic E-state index is 14.4. The zero-order valence-corrected chi connectivity index (χ0v) is 20.7. The van der Waals surface area contributed by atoms with Crippen LogP contribution in [0.4, 0.5) is 10.2 Å². The summed E-state index contributed by atoms with van der Waals surface area (Å²) in [5, 5.41) is 10.9. The van der Waals surface area contributed by atoms with Gasteiger partial charge in [-0.3, -0.25) is 19.0 Å². The molecular formula is C26H24FN7O4. The third kappa shape index (κ3) is 4.67. The van der Waals surface area contributed by atoms with E-state index in [0.717, 1.165) is 15.7 Å². The van der Waals surface area contributed by atoms with Crippen LogP contribution in [0.15, 0.2) is 59.9 Å². The standard InChI is InChI=1S/C26H24FN7O4/c1-15(35)20-13-33(21-4-3-16(9-19(20)21)17-5-8-29-30-11-17)14-24(36)34-12-18(27)10-22(34)25(37)31-23-6-7-28-26(38)32(23)2/h3-9,11,13,18,22H,10,12,14H2,1-2H3,(H,31,37)/t18-,22+/m1/s1. The van der Waals surface area contributed by atoms with Gasteiger partial charge in [-0.25, -0.2) is 14.2 Å². The van der Waals surface area contributed by atoms with Crippen molar-refractivity contribution >= 4 is 34.3 Å². The monoisotopic (exact) mass is 517 g/mol. The third-order valence-corrected chi connectivity index (χ3v) is 6.67. The molecule has 2 atom stereocenters. The zero-order valence-electron chi connectivity index (χ0n) is 20.7. The number of hydrogen-bond donors (Lipinski definition) is 1. The van der Waals surface area contributed by atoms with Crippen molar-refractivity contribution in [2.45, 2.75) is 32.1 Å². The van der Waals surface area contributed by atoms with E-state index in [1.54, 1.807) is 35.3 Å². The van der Waals surface area contributed by atoms with Crippen LogP contribution >= 0.6 is 0 Å². The average Bonchev–Trinajstić information content (AvgIpc) is 3.48. The largest absolute Gasteiger partial charge is 0.348 e. The van der Waals surface area contributed by atoms with Crippen LogP contribution < -0.4 is 11.0 Å². The van der Waals surface area contributed by atoms with E-state index in [1.165, 1.54) is 31.1 Å². The van der Waals surface area contributed by atoms with E-state index in [4.69, 9.17) is 0 Å². The van der Waals surface area contributed by atoms with Crippen LogP contribution in [0.5, 0.6) is 0 Å². The predicted octanol–water partition coefficient (Wildman–Crippen LogP) is 1.97. The van der Waals surface area contributed by atoms with Gasteiger partial charge >= 0.3 is 5.69 Å². The molecule has 2 amide bonds. The van der Waals surface area contributed by atoms with Gasteiger partial charge in [-0.1, -0.05) is 6.07 Å². The minimum atomic E-state index is -1.37. The molecule has 1 N–H and O–H groups in total. The summed E-state index contributed by atoms with van der Waals surface area (Å²) in [7, 11) is 1.45. The number of hydrogen-bond acceptors (Lipinski definition) is 7. The van der Waals surface area contributed by atoms with Crippen LogP contribution in [0.1, 0.15) is 23.7 Å². The summed E-state index contributed by atoms with van der Waals surface area (Å²) in [5.74, 6) is -1.05. The summed E-state index contributed by atoms with van der Waals surface area (Å²) in [4.78, 5) is 55.3. The number of nitrogens with zero attached hydrogens (tertiary/aromatic N) is 6. The molecule has 1 aliphatic heterocycles. The number of nitrogens with one attached hydrogen (secondary N) is 1. The highest BCUT2D eigenvalue weighted by atomic mass is 19.1. The normalized spacial score (nSPS) is 17.1. The summed E-state index contributed by atoms with van der Waals surface area (Å²) >= 11 is 0. The Morgan fingerprint density at radius 2 is 1.92 bits per heavy atom. The van der Waals surface area contributed by atoms with Crippen LogP contribution in [0.3, 0.4) is 0 Å². The van der Waals surface area contributed by atoms with Crippen molar-refractivity contribution in [2.75, 3.05) is 11.9 Å². The zero-order chi connectivity index (χ0) is 27.0. The van der Waals surface area contributed by atoms with E-state index in [1.807, 2.05) is 12.1 Å². The van der Waals surface area contributed by atoms with Crippen molar-refractivity contribution in [3.05, 3.63) is 71.2 Å². The molecule has 3 aromatic heterocycles. The molecule has 0 saturated carbocycles. The van der Waals surface area contributed by atoms with Crippen LogP contribution in [0.2, 0.25) is 0 Å². The first-order chi connectivity index (χ1) is 18.2. The van der Waals surface area contributed by atoms with Crippen molar-refractivity contribution in [3.63, 3.8) is 0 Å². The smallest absolute Gasteiger partial charge is 0.337 e. The second-order valence-corrected chi connectivity index (χ2v) is 9.15. The highest BCUT2D eigenvalue weighted by Crippen LogP contribution is 2.29. The highest BCUT2D eigenvalue weighted by molar-refractivity contribution is 6.08. The number of halogens is 1. The summed E-state index contributed by atoms with van der Waals surface area (Å²) in [6.07, 6.45) is 4.51. The van der Waals surface area contributed by atoms with Gasteiger partial charge in [-0.15, -0.1) is 0 Å². The Morgan fingerprint density at radius 3 is 2.66 bits per heavy atom. The molecule has 5 rings (SSSR count). The Morgan fingerprint density at radius 1 is 1.11 bits per heavy atom. The second kappa shape index (κ2) is 9.96. The summed E-state index contributed by atoms with van der Waals surface area (Å²) < 4.78 is 17.2. The van der Waals surface area contributed by atoms with Gasteiger partial charge in [0.2, 0.25) is 11.8 Å². The second-order valence-electron chi connectivity index (χ2n) is 9.15. The van der Waals surface area contributed by atoms with Gasteiger partial charge in [0.25, 0.3) is 0 Å². The summed E-state index contributed by atoms with van der Waals surface area (Å²) in [5.41, 5.74) is 2.19. The van der Waals surface area contributed by atoms with Crippen molar-refractivity contribution in [2.24, 2.45) is 7.05 Å². The molecule has 1 saturated heterocycles. The molecule has 12 heteroatoms. The van der Waals surface area contributed by atoms with Crippen molar-refractivity contribution in [3.8, 4) is 11.1 Å². The van der Waals surface area contributed by atoms with Gasteiger partial charge in [-0.05, 0) is 36.8 Å². The van der Waals surface area contributed by atoms with Gasteiger partial charge < -0.3 is 14.8 Å². The number of ketones is 1. The predicted molar refractivity (Wildman–Crippen MR) is 136 cm³/mol. The van der Waals surface area contributed by atoms with E-state index >= 15 is 0 Å². The quantitative estimate of drug-likeness (QED) is 0.387. The van der Waals surface area contributed by atoms with Crippen LogP contribution in [0, 0.1) is 0 Å². The molecule has 1 aliphatic rings. The Bertz CT molecular complexity index is 1620. The number of Topliss-reactive ketones (excluding diaryl/α,β-unsaturated/α-hetero) is 1. The first-order valence-corrected chi connectivity index (χ1v) is 11.9. The number of amides is 2. The molecule has 38 heavy (non-hydrogen) atoms. The number of fused-ring (bicyclic) bond motifs is 1. The Hall–Kier alpha value is -4.74. The fraction of sp³-hybridized carbons (Fsp3) is 0.269. The molecule has 4 aromatic rings. The Balaban J connectivity index is 1.41. The lowest BCUT2D eigenvalue weighted by Crippen LogP contribution is -2.45. The number of carbonyl (C=O) groups is 3. The van der Waals surface area contributed by atoms with E-state index < -0.39 is 29.7 Å². The first-order valence-electron chi connectivity index (χ1n) is 11.9. The average molecular weight is 518 g/mol. The van der Waals surface area contributed by atoms with Crippen molar-refractivity contribution in [1.29, 1.82) is 0 Å².